The number of furan rings is 1. The van der Waals surface area contributed by atoms with E-state index in [1.54, 1.807) is 32.2 Å². The molecule has 0 aromatic carbocycles. The minimum atomic E-state index is -0.676. The fourth-order valence-electron chi connectivity index (χ4n) is 2.85. The van der Waals surface area contributed by atoms with E-state index in [1.807, 2.05) is 11.5 Å². The minimum Gasteiger partial charge on any atom is -0.462 e. The number of hydrogen-bond donors (Lipinski definition) is 2. The van der Waals surface area contributed by atoms with E-state index in [0.29, 0.717) is 28.8 Å². The minimum absolute atomic E-state index is 0.0153. The quantitative estimate of drug-likeness (QED) is 0.364. The molecular weight excluding hydrogens is 442 g/mol. The largest absolute Gasteiger partial charge is 0.462 e. The zero-order chi connectivity index (χ0) is 22.5. The number of rotatable bonds is 9. The van der Waals surface area contributed by atoms with Gasteiger partial charge in [-0.1, -0.05) is 11.8 Å². The van der Waals surface area contributed by atoms with Crippen LogP contribution in [0.15, 0.2) is 28.0 Å². The maximum Gasteiger partial charge on any atom is 0.341 e. The Morgan fingerprint density at radius 1 is 1.32 bits per heavy atom. The van der Waals surface area contributed by atoms with E-state index in [0.717, 1.165) is 11.3 Å². The highest BCUT2D eigenvalue weighted by atomic mass is 32.2. The van der Waals surface area contributed by atoms with Crippen LogP contribution in [0.4, 0.5) is 5.00 Å². The molecule has 0 saturated carbocycles. The molecule has 0 unspecified atom stereocenters. The number of anilines is 1. The van der Waals surface area contributed by atoms with Crippen molar-refractivity contribution in [1.82, 2.24) is 14.8 Å². The van der Waals surface area contributed by atoms with Crippen LogP contribution in [0, 0.1) is 6.92 Å². The first-order chi connectivity index (χ1) is 14.9. The van der Waals surface area contributed by atoms with E-state index < -0.39 is 11.9 Å². The third-order valence-electron chi connectivity index (χ3n) is 4.21. The lowest BCUT2D eigenvalue weighted by Crippen LogP contribution is -2.17. The second-order valence-corrected chi connectivity index (χ2v) is 8.17. The van der Waals surface area contributed by atoms with Crippen LogP contribution in [0.1, 0.15) is 39.4 Å². The molecule has 3 rings (SSSR count). The van der Waals surface area contributed by atoms with E-state index in [4.69, 9.17) is 14.9 Å². The van der Waals surface area contributed by atoms with Crippen molar-refractivity contribution in [3.8, 4) is 11.6 Å². The van der Waals surface area contributed by atoms with Crippen LogP contribution < -0.4 is 11.1 Å². The highest BCUT2D eigenvalue weighted by molar-refractivity contribution is 7.99. The van der Waals surface area contributed by atoms with Crippen LogP contribution in [0.5, 0.6) is 0 Å². The van der Waals surface area contributed by atoms with Crippen molar-refractivity contribution < 1.29 is 23.5 Å². The molecule has 0 radical (unpaired) electrons. The van der Waals surface area contributed by atoms with Crippen molar-refractivity contribution in [3.05, 3.63) is 34.4 Å². The van der Waals surface area contributed by atoms with Gasteiger partial charge in [0.1, 0.15) is 5.00 Å². The first-order valence-electron chi connectivity index (χ1n) is 9.37. The van der Waals surface area contributed by atoms with E-state index >= 15 is 0 Å². The van der Waals surface area contributed by atoms with Gasteiger partial charge in [-0.05, 0) is 38.5 Å². The Balaban J connectivity index is 1.75. The molecule has 12 heteroatoms. The first kappa shape index (κ1) is 22.6. The summed E-state index contributed by atoms with van der Waals surface area (Å²) in [5.41, 5.74) is 5.90. The molecule has 0 spiro atoms. The summed E-state index contributed by atoms with van der Waals surface area (Å²) in [6, 6.07) is 3.54. The van der Waals surface area contributed by atoms with E-state index in [-0.39, 0.29) is 33.7 Å². The average Bonchev–Trinajstić information content (AvgIpc) is 3.44. The summed E-state index contributed by atoms with van der Waals surface area (Å²) in [6.07, 6.45) is 1.55. The Bertz CT molecular complexity index is 1100. The monoisotopic (exact) mass is 463 g/mol. The summed E-state index contributed by atoms with van der Waals surface area (Å²) in [7, 11) is 0. The van der Waals surface area contributed by atoms with Gasteiger partial charge in [0, 0.05) is 6.54 Å². The summed E-state index contributed by atoms with van der Waals surface area (Å²) < 4.78 is 12.3. The number of nitrogens with zero attached hydrogens (tertiary/aromatic N) is 3. The van der Waals surface area contributed by atoms with E-state index in [9.17, 15) is 14.4 Å². The molecule has 0 saturated heterocycles. The van der Waals surface area contributed by atoms with Crippen molar-refractivity contribution in [1.29, 1.82) is 0 Å². The summed E-state index contributed by atoms with van der Waals surface area (Å²) >= 11 is 2.14. The number of ether oxygens (including phenoxy) is 1. The van der Waals surface area contributed by atoms with Gasteiger partial charge in [0.15, 0.2) is 16.7 Å². The van der Waals surface area contributed by atoms with Gasteiger partial charge < -0.3 is 20.2 Å². The Morgan fingerprint density at radius 3 is 2.71 bits per heavy atom. The van der Waals surface area contributed by atoms with Crippen LogP contribution in [-0.2, 0) is 16.1 Å². The highest BCUT2D eigenvalue weighted by Gasteiger charge is 2.26. The molecule has 0 fully saturated rings. The number of esters is 1. The van der Waals surface area contributed by atoms with Gasteiger partial charge in [0.25, 0.3) is 5.91 Å². The van der Waals surface area contributed by atoms with Crippen LogP contribution in [0.2, 0.25) is 0 Å². The fourth-order valence-corrected chi connectivity index (χ4v) is 4.71. The number of carbonyl (C=O) groups excluding carboxylic acids is 3. The second kappa shape index (κ2) is 9.79. The Hall–Kier alpha value is -3.12. The number of carbonyl (C=O) groups is 3. The number of thiophene rings is 1. The Labute approximate surface area is 186 Å². The molecule has 3 aromatic heterocycles. The SMILES string of the molecule is CCOC(=O)c1c(NC(=O)CSc2nnc(-c3ccco3)n2CC)sc(C(N)=O)c1C. The highest BCUT2D eigenvalue weighted by Crippen LogP contribution is 2.34. The normalized spacial score (nSPS) is 10.8. The number of nitrogens with two attached hydrogens (primary N) is 1. The van der Waals surface area contributed by atoms with Crippen molar-refractivity contribution in [3.63, 3.8) is 0 Å². The molecule has 0 aliphatic heterocycles. The number of aromatic nitrogens is 3. The molecule has 10 nitrogen and oxygen atoms in total. The van der Waals surface area contributed by atoms with Crippen molar-refractivity contribution >= 4 is 45.9 Å². The van der Waals surface area contributed by atoms with Gasteiger partial charge in [-0.25, -0.2) is 4.79 Å². The van der Waals surface area contributed by atoms with Crippen LogP contribution in [0.25, 0.3) is 11.6 Å². The molecule has 0 atom stereocenters. The molecule has 3 heterocycles. The van der Waals surface area contributed by atoms with Gasteiger partial charge >= 0.3 is 5.97 Å². The third-order valence-corrected chi connectivity index (χ3v) is 6.40. The third kappa shape index (κ3) is 4.80. The van der Waals surface area contributed by atoms with Crippen molar-refractivity contribution in [2.24, 2.45) is 5.73 Å². The standard InChI is InChI=1S/C19H21N5O5S2/c1-4-24-16(11-7-6-8-29-11)22-23-19(24)30-9-12(25)21-17-13(18(27)28-5-2)10(3)14(31-17)15(20)26/h6-8H,4-5,9H2,1-3H3,(H2,20,26)(H,21,25). The number of nitrogens with one attached hydrogen (secondary N) is 1. The lowest BCUT2D eigenvalue weighted by Gasteiger charge is -2.08. The lowest BCUT2D eigenvalue weighted by atomic mass is 10.1. The topological polar surface area (TPSA) is 142 Å². The van der Waals surface area contributed by atoms with Gasteiger partial charge in [-0.15, -0.1) is 21.5 Å². The predicted octanol–water partition coefficient (Wildman–Crippen LogP) is 2.93. The summed E-state index contributed by atoms with van der Waals surface area (Å²) in [5.74, 6) is -0.512. The van der Waals surface area contributed by atoms with Gasteiger partial charge in [-0.3, -0.25) is 14.2 Å². The van der Waals surface area contributed by atoms with E-state index in [1.165, 1.54) is 11.8 Å². The summed E-state index contributed by atoms with van der Waals surface area (Å²) in [4.78, 5) is 36.8. The molecule has 164 valence electrons. The number of primary amides is 1. The van der Waals surface area contributed by atoms with Gasteiger partial charge in [-0.2, -0.15) is 0 Å². The number of amides is 2. The zero-order valence-electron chi connectivity index (χ0n) is 17.1. The van der Waals surface area contributed by atoms with Crippen LogP contribution >= 0.6 is 23.1 Å². The second-order valence-electron chi connectivity index (χ2n) is 6.21. The predicted molar refractivity (Wildman–Crippen MR) is 116 cm³/mol. The number of hydrogen-bond acceptors (Lipinski definition) is 9. The molecule has 2 amide bonds. The average molecular weight is 464 g/mol. The first-order valence-corrected chi connectivity index (χ1v) is 11.2. The smallest absolute Gasteiger partial charge is 0.341 e. The van der Waals surface area contributed by atoms with Crippen molar-refractivity contribution in [2.75, 3.05) is 17.7 Å². The Morgan fingerprint density at radius 2 is 2.10 bits per heavy atom. The molecule has 0 aliphatic rings. The lowest BCUT2D eigenvalue weighted by molar-refractivity contribution is -0.113. The summed E-state index contributed by atoms with van der Waals surface area (Å²) in [6.45, 7) is 5.95. The molecule has 3 aromatic rings. The Kier molecular flexibility index (Phi) is 7.13. The molecule has 0 aliphatic carbocycles. The zero-order valence-corrected chi connectivity index (χ0v) is 18.8. The maximum atomic E-state index is 12.6. The molecule has 3 N–H and O–H groups in total. The number of thioether (sulfide) groups is 1. The summed E-state index contributed by atoms with van der Waals surface area (Å²) in [5, 5.41) is 11.7. The fraction of sp³-hybridized carbons (Fsp3) is 0.316. The maximum absolute atomic E-state index is 12.6. The van der Waals surface area contributed by atoms with Crippen LogP contribution in [-0.4, -0.2) is 44.9 Å². The molecule has 31 heavy (non-hydrogen) atoms. The van der Waals surface area contributed by atoms with Gasteiger partial charge in [0.2, 0.25) is 5.91 Å². The molecular formula is C19H21N5O5S2. The van der Waals surface area contributed by atoms with E-state index in [2.05, 4.69) is 15.5 Å². The van der Waals surface area contributed by atoms with Crippen LogP contribution in [0.3, 0.4) is 0 Å². The molecule has 0 bridgehead atoms. The van der Waals surface area contributed by atoms with Gasteiger partial charge in [0.05, 0.1) is 29.1 Å². The van der Waals surface area contributed by atoms with Crippen molar-refractivity contribution in [2.45, 2.75) is 32.5 Å².